The summed E-state index contributed by atoms with van der Waals surface area (Å²) in [5.41, 5.74) is 4.54. The van der Waals surface area contributed by atoms with Crippen molar-refractivity contribution in [3.63, 3.8) is 0 Å². The van der Waals surface area contributed by atoms with E-state index in [2.05, 4.69) is 20.9 Å². The molecule has 1 aliphatic carbocycles. The van der Waals surface area contributed by atoms with Gasteiger partial charge in [0.05, 0.1) is 38.6 Å². The second-order valence-electron chi connectivity index (χ2n) is 9.78. The van der Waals surface area contributed by atoms with Gasteiger partial charge in [-0.3, -0.25) is 14.5 Å². The molecule has 4 aromatic rings. The molecule has 1 saturated carbocycles. The summed E-state index contributed by atoms with van der Waals surface area (Å²) in [6.07, 6.45) is 12.5. The van der Waals surface area contributed by atoms with E-state index >= 15 is 0 Å². The number of aryl methyl sites for hydroxylation is 1. The van der Waals surface area contributed by atoms with Crippen molar-refractivity contribution in [1.29, 1.82) is 0 Å². The minimum atomic E-state index is -1.08. The highest BCUT2D eigenvalue weighted by atomic mass is 35.5. The molecular weight excluding hydrogens is 512 g/mol. The molecule has 39 heavy (non-hydrogen) atoms. The SMILES string of the molecule is [2H]C(c1ccc(-c2ccc3c(cnn3C)c2)cc1Cl)N(C(=O)C1CCCCC1)c1cncc(/C=C/C(=O)OC)c1. The van der Waals surface area contributed by atoms with E-state index in [-0.39, 0.29) is 11.8 Å². The number of anilines is 1. The Balaban J connectivity index is 1.49. The van der Waals surface area contributed by atoms with Crippen molar-refractivity contribution >= 4 is 46.1 Å². The zero-order valence-corrected chi connectivity index (χ0v) is 22.8. The molecule has 0 saturated heterocycles. The lowest BCUT2D eigenvalue weighted by molar-refractivity contribution is -0.134. The maximum Gasteiger partial charge on any atom is 0.330 e. The van der Waals surface area contributed by atoms with Gasteiger partial charge in [-0.05, 0) is 65.4 Å². The fraction of sp³-hybridized carbons (Fsp3) is 0.290. The molecule has 2 heterocycles. The quantitative estimate of drug-likeness (QED) is 0.194. The number of pyridine rings is 1. The molecule has 8 heteroatoms. The van der Waals surface area contributed by atoms with Crippen LogP contribution in [0.5, 0.6) is 0 Å². The van der Waals surface area contributed by atoms with Crippen LogP contribution in [-0.2, 0) is 27.9 Å². The number of halogens is 1. The number of fused-ring (bicyclic) bond motifs is 1. The first kappa shape index (κ1) is 25.3. The van der Waals surface area contributed by atoms with E-state index in [0.29, 0.717) is 21.8 Å². The van der Waals surface area contributed by atoms with Crippen molar-refractivity contribution in [3.8, 4) is 11.1 Å². The fourth-order valence-corrected chi connectivity index (χ4v) is 5.23. The summed E-state index contributed by atoms with van der Waals surface area (Å²) in [6, 6.07) is 13.4. The van der Waals surface area contributed by atoms with Crippen LogP contribution in [-0.4, -0.2) is 33.8 Å². The van der Waals surface area contributed by atoms with Crippen LogP contribution in [0, 0.1) is 5.92 Å². The minimum absolute atomic E-state index is 0.113. The van der Waals surface area contributed by atoms with Crippen LogP contribution in [0.2, 0.25) is 5.02 Å². The van der Waals surface area contributed by atoms with Crippen molar-refractivity contribution in [2.45, 2.75) is 38.6 Å². The lowest BCUT2D eigenvalue weighted by atomic mass is 9.88. The van der Waals surface area contributed by atoms with Crippen molar-refractivity contribution in [2.24, 2.45) is 13.0 Å². The van der Waals surface area contributed by atoms with Gasteiger partial charge in [0, 0.05) is 35.6 Å². The van der Waals surface area contributed by atoms with Gasteiger partial charge in [0.2, 0.25) is 5.91 Å². The average Bonchev–Trinajstić information content (AvgIpc) is 3.36. The van der Waals surface area contributed by atoms with Crippen LogP contribution in [0.3, 0.4) is 0 Å². The summed E-state index contributed by atoms with van der Waals surface area (Å²) in [5.74, 6) is -0.772. The first-order chi connectivity index (χ1) is 19.4. The van der Waals surface area contributed by atoms with Gasteiger partial charge in [-0.15, -0.1) is 0 Å². The molecule has 0 aliphatic heterocycles. The standard InChI is InChI=1S/C31H31ClN4O3/c1-35-29-12-11-23(15-26(29)18-34-35)24-9-10-25(28(32)16-24)20-36(31(38)22-6-4-3-5-7-22)27-14-21(17-33-19-27)8-13-30(37)39-2/h8-19,22H,3-7,20H2,1-2H3/b13-8+/i20D. The Morgan fingerprint density at radius 2 is 1.87 bits per heavy atom. The van der Waals surface area contributed by atoms with Crippen LogP contribution in [0.4, 0.5) is 5.69 Å². The highest BCUT2D eigenvalue weighted by Crippen LogP contribution is 2.32. The van der Waals surface area contributed by atoms with E-state index in [1.807, 2.05) is 48.3 Å². The Morgan fingerprint density at radius 1 is 1.10 bits per heavy atom. The van der Waals surface area contributed by atoms with E-state index < -0.39 is 12.5 Å². The number of carbonyl (C=O) groups is 2. The molecule has 0 N–H and O–H groups in total. The van der Waals surface area contributed by atoms with Gasteiger partial charge in [-0.1, -0.05) is 49.1 Å². The maximum atomic E-state index is 13.9. The number of nitrogens with zero attached hydrogens (tertiary/aromatic N) is 4. The Hall–Kier alpha value is -3.97. The third-order valence-electron chi connectivity index (χ3n) is 7.18. The Labute approximate surface area is 234 Å². The molecule has 2 aromatic heterocycles. The van der Waals surface area contributed by atoms with E-state index in [1.54, 1.807) is 24.5 Å². The highest BCUT2D eigenvalue weighted by molar-refractivity contribution is 6.31. The molecule has 0 bridgehead atoms. The third kappa shape index (κ3) is 6.04. The molecule has 0 spiro atoms. The number of rotatable bonds is 7. The lowest BCUT2D eigenvalue weighted by Crippen LogP contribution is -2.37. The van der Waals surface area contributed by atoms with Gasteiger partial charge >= 0.3 is 5.97 Å². The molecule has 1 amide bonds. The molecule has 1 fully saturated rings. The third-order valence-corrected chi connectivity index (χ3v) is 7.50. The molecule has 7 nitrogen and oxygen atoms in total. The number of esters is 1. The molecule has 2 aromatic carbocycles. The second-order valence-corrected chi connectivity index (χ2v) is 10.2. The van der Waals surface area contributed by atoms with Crippen LogP contribution in [0.15, 0.2) is 67.1 Å². The van der Waals surface area contributed by atoms with Gasteiger partial charge in [0.1, 0.15) is 0 Å². The zero-order chi connectivity index (χ0) is 28.2. The van der Waals surface area contributed by atoms with Crippen molar-refractivity contribution < 1.29 is 15.7 Å². The smallest absolute Gasteiger partial charge is 0.330 e. The monoisotopic (exact) mass is 543 g/mol. The number of benzene rings is 2. The number of carbonyl (C=O) groups excluding carboxylic acids is 2. The average molecular weight is 544 g/mol. The van der Waals surface area contributed by atoms with Crippen molar-refractivity contribution in [1.82, 2.24) is 14.8 Å². The Bertz CT molecular complexity index is 1580. The van der Waals surface area contributed by atoms with Gasteiger partial charge in [0.25, 0.3) is 0 Å². The number of ether oxygens (including phenoxy) is 1. The van der Waals surface area contributed by atoms with Crippen LogP contribution in [0.25, 0.3) is 28.1 Å². The maximum absolute atomic E-state index is 13.9. The van der Waals surface area contributed by atoms with Crippen molar-refractivity contribution in [2.75, 3.05) is 12.0 Å². The van der Waals surface area contributed by atoms with Gasteiger partial charge in [0.15, 0.2) is 0 Å². The van der Waals surface area contributed by atoms with Crippen LogP contribution in [0.1, 0.15) is 44.6 Å². The summed E-state index contributed by atoms with van der Waals surface area (Å²) >= 11 is 6.80. The largest absolute Gasteiger partial charge is 0.466 e. The van der Waals surface area contributed by atoms with Gasteiger partial charge < -0.3 is 9.64 Å². The van der Waals surface area contributed by atoms with Crippen LogP contribution < -0.4 is 4.90 Å². The summed E-state index contributed by atoms with van der Waals surface area (Å²) in [7, 11) is 3.21. The van der Waals surface area contributed by atoms with E-state index in [0.717, 1.165) is 54.1 Å². The number of hydrogen-bond acceptors (Lipinski definition) is 5. The fourth-order valence-electron chi connectivity index (χ4n) is 5.01. The molecule has 5 rings (SSSR count). The predicted octanol–water partition coefficient (Wildman–Crippen LogP) is 6.59. The Morgan fingerprint density at radius 3 is 2.64 bits per heavy atom. The first-order valence-electron chi connectivity index (χ1n) is 13.6. The molecule has 1 aliphatic rings. The summed E-state index contributed by atoms with van der Waals surface area (Å²) < 4.78 is 15.8. The van der Waals surface area contributed by atoms with Crippen LogP contribution >= 0.6 is 11.6 Å². The predicted molar refractivity (Wildman–Crippen MR) is 154 cm³/mol. The second kappa shape index (κ2) is 11.8. The lowest BCUT2D eigenvalue weighted by Gasteiger charge is -2.30. The van der Waals surface area contributed by atoms with E-state index in [9.17, 15) is 11.0 Å². The molecule has 1 atom stereocenters. The highest BCUT2D eigenvalue weighted by Gasteiger charge is 2.28. The molecular formula is C31H31ClN4O3. The number of amides is 1. The summed E-state index contributed by atoms with van der Waals surface area (Å²) in [4.78, 5) is 31.3. The number of hydrogen-bond donors (Lipinski definition) is 0. The number of methoxy groups -OCH3 is 1. The molecule has 200 valence electrons. The van der Waals surface area contributed by atoms with Gasteiger partial charge in [-0.2, -0.15) is 5.10 Å². The van der Waals surface area contributed by atoms with Crippen molar-refractivity contribution in [3.05, 3.63) is 83.3 Å². The summed E-state index contributed by atoms with van der Waals surface area (Å²) in [5, 5.41) is 5.74. The topological polar surface area (TPSA) is 77.3 Å². The summed E-state index contributed by atoms with van der Waals surface area (Å²) in [6.45, 7) is -1.08. The Kier molecular flexibility index (Phi) is 7.68. The normalized spacial score (nSPS) is 15.3. The van der Waals surface area contributed by atoms with Gasteiger partial charge in [-0.25, -0.2) is 4.79 Å². The van der Waals surface area contributed by atoms with E-state index in [4.69, 9.17) is 11.6 Å². The number of aromatic nitrogens is 3. The first-order valence-corrected chi connectivity index (χ1v) is 13.4. The van der Waals surface area contributed by atoms with E-state index in [1.165, 1.54) is 18.1 Å². The molecule has 0 radical (unpaired) electrons. The zero-order valence-electron chi connectivity index (χ0n) is 23.0. The molecule has 1 unspecified atom stereocenters. The minimum Gasteiger partial charge on any atom is -0.466 e.